The van der Waals surface area contributed by atoms with Crippen molar-refractivity contribution in [3.05, 3.63) is 41.6 Å². The van der Waals surface area contributed by atoms with E-state index < -0.39 is 11.9 Å². The summed E-state index contributed by atoms with van der Waals surface area (Å²) in [5, 5.41) is 16.3. The zero-order valence-electron chi connectivity index (χ0n) is 13.8. The SMILES string of the molecule is Cc1ccc(-c2cc(C(=O)N3CCC[C@@H](C(=O)O)[C@H]3C)[nH]n2)cc1. The van der Waals surface area contributed by atoms with Crippen molar-refractivity contribution in [2.75, 3.05) is 6.54 Å². The smallest absolute Gasteiger partial charge is 0.308 e. The predicted molar refractivity (Wildman–Crippen MR) is 89.6 cm³/mol. The Morgan fingerprint density at radius 1 is 1.29 bits per heavy atom. The summed E-state index contributed by atoms with van der Waals surface area (Å²) in [5.41, 5.74) is 3.19. The van der Waals surface area contributed by atoms with Gasteiger partial charge in [-0.2, -0.15) is 5.10 Å². The lowest BCUT2D eigenvalue weighted by molar-refractivity contribution is -0.144. The van der Waals surface area contributed by atoms with Gasteiger partial charge in [0.05, 0.1) is 11.6 Å². The van der Waals surface area contributed by atoms with Crippen molar-refractivity contribution in [3.8, 4) is 11.3 Å². The lowest BCUT2D eigenvalue weighted by atomic mass is 9.90. The fourth-order valence-corrected chi connectivity index (χ4v) is 3.22. The summed E-state index contributed by atoms with van der Waals surface area (Å²) in [6.07, 6.45) is 1.31. The first-order chi connectivity index (χ1) is 11.5. The van der Waals surface area contributed by atoms with Gasteiger partial charge in [0, 0.05) is 18.2 Å². The monoisotopic (exact) mass is 327 g/mol. The summed E-state index contributed by atoms with van der Waals surface area (Å²) in [7, 11) is 0. The third-order valence-electron chi connectivity index (χ3n) is 4.72. The van der Waals surface area contributed by atoms with E-state index in [4.69, 9.17) is 0 Å². The molecule has 2 heterocycles. The number of carbonyl (C=O) groups is 2. The number of carboxylic acid groups (broad SMARTS) is 1. The Labute approximate surface area is 140 Å². The van der Waals surface area contributed by atoms with Crippen LogP contribution in [0.3, 0.4) is 0 Å². The molecular weight excluding hydrogens is 306 g/mol. The molecule has 1 aromatic carbocycles. The molecule has 1 saturated heterocycles. The molecule has 6 nitrogen and oxygen atoms in total. The largest absolute Gasteiger partial charge is 0.481 e. The van der Waals surface area contributed by atoms with Gasteiger partial charge in [0.1, 0.15) is 5.69 Å². The number of aromatic nitrogens is 2. The summed E-state index contributed by atoms with van der Waals surface area (Å²) in [6.45, 7) is 4.38. The number of H-pyrrole nitrogens is 1. The van der Waals surface area contributed by atoms with Crippen molar-refractivity contribution in [1.82, 2.24) is 15.1 Å². The Hall–Kier alpha value is -2.63. The van der Waals surface area contributed by atoms with Gasteiger partial charge in [0.15, 0.2) is 0 Å². The molecule has 24 heavy (non-hydrogen) atoms. The minimum absolute atomic E-state index is 0.195. The zero-order chi connectivity index (χ0) is 17.3. The van der Waals surface area contributed by atoms with E-state index >= 15 is 0 Å². The fourth-order valence-electron chi connectivity index (χ4n) is 3.22. The summed E-state index contributed by atoms with van der Waals surface area (Å²) in [6, 6.07) is 9.32. The Balaban J connectivity index is 1.80. The van der Waals surface area contributed by atoms with Crippen LogP contribution >= 0.6 is 0 Å². The highest BCUT2D eigenvalue weighted by molar-refractivity contribution is 5.94. The minimum Gasteiger partial charge on any atom is -0.481 e. The maximum Gasteiger partial charge on any atom is 0.308 e. The van der Waals surface area contributed by atoms with Crippen LogP contribution in [0.4, 0.5) is 0 Å². The van der Waals surface area contributed by atoms with Gasteiger partial charge >= 0.3 is 5.97 Å². The molecule has 1 aliphatic rings. The van der Waals surface area contributed by atoms with Crippen molar-refractivity contribution < 1.29 is 14.7 Å². The molecule has 2 atom stereocenters. The van der Waals surface area contributed by atoms with Gasteiger partial charge in [0.2, 0.25) is 0 Å². The van der Waals surface area contributed by atoms with E-state index in [1.54, 1.807) is 17.9 Å². The van der Waals surface area contributed by atoms with E-state index in [1.165, 1.54) is 0 Å². The number of aryl methyl sites for hydroxylation is 1. The van der Waals surface area contributed by atoms with E-state index in [0.29, 0.717) is 30.8 Å². The Kier molecular flexibility index (Phi) is 4.38. The van der Waals surface area contributed by atoms with E-state index in [2.05, 4.69) is 10.2 Å². The molecule has 0 unspecified atom stereocenters. The number of rotatable bonds is 3. The first-order valence-electron chi connectivity index (χ1n) is 8.13. The number of aromatic amines is 1. The lowest BCUT2D eigenvalue weighted by Gasteiger charge is -2.37. The van der Waals surface area contributed by atoms with Gasteiger partial charge in [-0.1, -0.05) is 29.8 Å². The number of amides is 1. The van der Waals surface area contributed by atoms with Crippen molar-refractivity contribution in [2.24, 2.45) is 5.92 Å². The molecule has 0 radical (unpaired) electrons. The highest BCUT2D eigenvalue weighted by atomic mass is 16.4. The third-order valence-corrected chi connectivity index (χ3v) is 4.72. The van der Waals surface area contributed by atoms with Crippen molar-refractivity contribution in [2.45, 2.75) is 32.7 Å². The van der Waals surface area contributed by atoms with Crippen LogP contribution < -0.4 is 0 Å². The molecule has 1 aliphatic heterocycles. The number of piperidine rings is 1. The van der Waals surface area contributed by atoms with Crippen LogP contribution in [0.15, 0.2) is 30.3 Å². The van der Waals surface area contributed by atoms with Gasteiger partial charge in [0.25, 0.3) is 5.91 Å². The molecule has 6 heteroatoms. The number of carboxylic acids is 1. The minimum atomic E-state index is -0.843. The maximum absolute atomic E-state index is 12.7. The van der Waals surface area contributed by atoms with E-state index in [0.717, 1.165) is 11.1 Å². The van der Waals surface area contributed by atoms with Crippen molar-refractivity contribution >= 4 is 11.9 Å². The van der Waals surface area contributed by atoms with E-state index in [9.17, 15) is 14.7 Å². The summed E-state index contributed by atoms with van der Waals surface area (Å²) >= 11 is 0. The van der Waals surface area contributed by atoms with Crippen molar-refractivity contribution in [1.29, 1.82) is 0 Å². The number of carbonyl (C=O) groups excluding carboxylic acids is 1. The van der Waals surface area contributed by atoms with Crippen LogP contribution in [0.5, 0.6) is 0 Å². The molecule has 1 fully saturated rings. The molecule has 2 aromatic rings. The number of hydrogen-bond acceptors (Lipinski definition) is 3. The fraction of sp³-hybridized carbons (Fsp3) is 0.389. The first-order valence-corrected chi connectivity index (χ1v) is 8.13. The number of benzene rings is 1. The van der Waals surface area contributed by atoms with Crippen LogP contribution in [0, 0.1) is 12.8 Å². The second kappa shape index (κ2) is 6.47. The predicted octanol–water partition coefficient (Wildman–Crippen LogP) is 2.71. The molecule has 0 aliphatic carbocycles. The Morgan fingerprint density at radius 2 is 2.00 bits per heavy atom. The second-order valence-corrected chi connectivity index (χ2v) is 6.36. The second-order valence-electron chi connectivity index (χ2n) is 6.36. The van der Waals surface area contributed by atoms with Crippen LogP contribution in [0.2, 0.25) is 0 Å². The normalized spacial score (nSPS) is 20.8. The molecule has 0 bridgehead atoms. The molecule has 1 amide bonds. The maximum atomic E-state index is 12.7. The number of likely N-dealkylation sites (tertiary alicyclic amines) is 1. The first kappa shape index (κ1) is 16.2. The number of nitrogens with zero attached hydrogens (tertiary/aromatic N) is 2. The summed E-state index contributed by atoms with van der Waals surface area (Å²) < 4.78 is 0. The van der Waals surface area contributed by atoms with Gasteiger partial charge in [-0.05, 0) is 32.8 Å². The van der Waals surface area contributed by atoms with E-state index in [-0.39, 0.29) is 11.9 Å². The number of nitrogens with one attached hydrogen (secondary N) is 1. The molecule has 126 valence electrons. The van der Waals surface area contributed by atoms with E-state index in [1.807, 2.05) is 31.2 Å². The van der Waals surface area contributed by atoms with Crippen LogP contribution in [-0.4, -0.2) is 44.7 Å². The molecule has 0 spiro atoms. The summed E-state index contributed by atoms with van der Waals surface area (Å²) in [4.78, 5) is 25.7. The molecule has 2 N–H and O–H groups in total. The Bertz CT molecular complexity index is 751. The lowest BCUT2D eigenvalue weighted by Crippen LogP contribution is -2.49. The number of aliphatic carboxylic acids is 1. The van der Waals surface area contributed by atoms with Gasteiger partial charge in [-0.3, -0.25) is 14.7 Å². The topological polar surface area (TPSA) is 86.3 Å². The zero-order valence-corrected chi connectivity index (χ0v) is 13.8. The third kappa shape index (κ3) is 3.04. The van der Waals surface area contributed by atoms with Crippen LogP contribution in [0.1, 0.15) is 35.8 Å². The molecule has 1 aromatic heterocycles. The highest BCUT2D eigenvalue weighted by Crippen LogP contribution is 2.26. The highest BCUT2D eigenvalue weighted by Gasteiger charge is 2.36. The van der Waals surface area contributed by atoms with Crippen molar-refractivity contribution in [3.63, 3.8) is 0 Å². The standard InChI is InChI=1S/C18H21N3O3/c1-11-5-7-13(8-6-11)15-10-16(20-19-15)17(22)21-9-3-4-14(12(21)2)18(23)24/h5-8,10,12,14H,3-4,9H2,1-2H3,(H,19,20)(H,23,24)/t12-,14-/m1/s1. The molecule has 3 rings (SSSR count). The van der Waals surface area contributed by atoms with Crippen LogP contribution in [-0.2, 0) is 4.79 Å². The van der Waals surface area contributed by atoms with Crippen LogP contribution in [0.25, 0.3) is 11.3 Å². The van der Waals surface area contributed by atoms with Gasteiger partial charge in [-0.25, -0.2) is 0 Å². The quantitative estimate of drug-likeness (QED) is 0.907. The summed E-state index contributed by atoms with van der Waals surface area (Å²) in [5.74, 6) is -1.55. The average Bonchev–Trinajstić information content (AvgIpc) is 3.05. The Morgan fingerprint density at radius 3 is 2.67 bits per heavy atom. The average molecular weight is 327 g/mol. The molecular formula is C18H21N3O3. The van der Waals surface area contributed by atoms with Gasteiger partial charge in [-0.15, -0.1) is 0 Å². The molecule has 0 saturated carbocycles. The number of hydrogen-bond donors (Lipinski definition) is 2. The van der Waals surface area contributed by atoms with Gasteiger partial charge < -0.3 is 10.0 Å².